The Morgan fingerprint density at radius 2 is 2.38 bits per heavy atom. The molecule has 0 aromatic carbocycles. The van der Waals surface area contributed by atoms with Crippen LogP contribution in [0.1, 0.15) is 37.0 Å². The van der Waals surface area contributed by atoms with E-state index >= 15 is 0 Å². The quantitative estimate of drug-likeness (QED) is 0.714. The van der Waals surface area contributed by atoms with Crippen molar-refractivity contribution in [3.05, 3.63) is 17.5 Å². The van der Waals surface area contributed by atoms with Crippen molar-refractivity contribution in [2.45, 2.75) is 33.4 Å². The number of rotatable bonds is 4. The molecule has 0 spiro atoms. The molecule has 1 aromatic heterocycles. The van der Waals surface area contributed by atoms with E-state index in [2.05, 4.69) is 10.5 Å². The second kappa shape index (κ2) is 4.18. The van der Waals surface area contributed by atoms with Gasteiger partial charge >= 0.3 is 0 Å². The highest BCUT2D eigenvalue weighted by molar-refractivity contribution is 5.91. The first-order valence-corrected chi connectivity index (χ1v) is 4.29. The Balaban J connectivity index is 2.54. The molecule has 0 amide bonds. The maximum Gasteiger partial charge on any atom is 0.181 e. The lowest BCUT2D eigenvalue weighted by molar-refractivity contribution is 0.100. The number of aromatic nitrogens is 1. The van der Waals surface area contributed by atoms with Crippen LogP contribution in [-0.2, 0) is 6.54 Å². The molecule has 1 rings (SSSR count). The van der Waals surface area contributed by atoms with Crippen LogP contribution in [0, 0.1) is 0 Å². The smallest absolute Gasteiger partial charge is 0.181 e. The van der Waals surface area contributed by atoms with Crippen molar-refractivity contribution in [2.75, 3.05) is 0 Å². The first-order chi connectivity index (χ1) is 6.09. The van der Waals surface area contributed by atoms with Gasteiger partial charge in [0.2, 0.25) is 0 Å². The predicted octanol–water partition coefficient (Wildman–Crippen LogP) is 1.38. The molecule has 0 aliphatic rings. The number of hydrogen-bond donors (Lipinski definition) is 1. The number of nitrogens with one attached hydrogen (secondary N) is 1. The van der Waals surface area contributed by atoms with E-state index < -0.39 is 0 Å². The molecule has 13 heavy (non-hydrogen) atoms. The van der Waals surface area contributed by atoms with Gasteiger partial charge in [0.05, 0.1) is 6.54 Å². The molecular weight excluding hydrogens is 168 g/mol. The van der Waals surface area contributed by atoms with Gasteiger partial charge in [-0.3, -0.25) is 4.79 Å². The molecule has 0 atom stereocenters. The van der Waals surface area contributed by atoms with Gasteiger partial charge in [0.1, 0.15) is 5.69 Å². The van der Waals surface area contributed by atoms with Crippen LogP contribution in [0.3, 0.4) is 0 Å². The molecule has 0 aliphatic carbocycles. The lowest BCUT2D eigenvalue weighted by Gasteiger charge is -2.03. The van der Waals surface area contributed by atoms with E-state index in [1.54, 1.807) is 6.07 Å². The van der Waals surface area contributed by atoms with Crippen molar-refractivity contribution in [3.63, 3.8) is 0 Å². The molecule has 0 bridgehead atoms. The lowest BCUT2D eigenvalue weighted by Crippen LogP contribution is -2.21. The molecule has 0 unspecified atom stereocenters. The highest BCUT2D eigenvalue weighted by atomic mass is 16.5. The van der Waals surface area contributed by atoms with Gasteiger partial charge in [-0.05, 0) is 0 Å². The molecule has 1 aromatic rings. The van der Waals surface area contributed by atoms with Gasteiger partial charge in [-0.2, -0.15) is 0 Å². The molecule has 1 N–H and O–H groups in total. The minimum atomic E-state index is -0.0699. The van der Waals surface area contributed by atoms with Crippen molar-refractivity contribution >= 4 is 5.78 Å². The lowest BCUT2D eigenvalue weighted by atomic mass is 10.3. The van der Waals surface area contributed by atoms with E-state index in [1.807, 2.05) is 13.8 Å². The van der Waals surface area contributed by atoms with Crippen molar-refractivity contribution < 1.29 is 9.32 Å². The molecule has 1 heterocycles. The molecule has 0 saturated heterocycles. The maximum absolute atomic E-state index is 10.9. The average Bonchev–Trinajstić information content (AvgIpc) is 2.48. The van der Waals surface area contributed by atoms with Crippen LogP contribution < -0.4 is 5.32 Å². The Morgan fingerprint density at radius 1 is 1.69 bits per heavy atom. The van der Waals surface area contributed by atoms with Crippen LogP contribution in [0.4, 0.5) is 0 Å². The SMILES string of the molecule is CC(=O)c1cc(CNC(C)C)on1. The van der Waals surface area contributed by atoms with Gasteiger partial charge in [0, 0.05) is 19.0 Å². The Morgan fingerprint density at radius 3 is 2.85 bits per heavy atom. The van der Waals surface area contributed by atoms with Crippen LogP contribution in [0.2, 0.25) is 0 Å². The molecule has 72 valence electrons. The molecule has 0 radical (unpaired) electrons. The van der Waals surface area contributed by atoms with E-state index in [4.69, 9.17) is 4.52 Å². The zero-order valence-corrected chi connectivity index (χ0v) is 8.13. The van der Waals surface area contributed by atoms with Crippen LogP contribution in [0.15, 0.2) is 10.6 Å². The summed E-state index contributed by atoms with van der Waals surface area (Å²) in [6.07, 6.45) is 0. The standard InChI is InChI=1S/C9H14N2O2/c1-6(2)10-5-8-4-9(7(3)12)11-13-8/h4,6,10H,5H2,1-3H3. The molecular formula is C9H14N2O2. The largest absolute Gasteiger partial charge is 0.359 e. The third-order valence-corrected chi connectivity index (χ3v) is 1.60. The summed E-state index contributed by atoms with van der Waals surface area (Å²) in [5, 5.41) is 6.80. The van der Waals surface area contributed by atoms with Gasteiger partial charge in [-0.1, -0.05) is 19.0 Å². The number of carbonyl (C=O) groups excluding carboxylic acids is 1. The maximum atomic E-state index is 10.9. The number of carbonyl (C=O) groups is 1. The zero-order chi connectivity index (χ0) is 9.84. The third-order valence-electron chi connectivity index (χ3n) is 1.60. The summed E-state index contributed by atoms with van der Waals surface area (Å²) >= 11 is 0. The Labute approximate surface area is 77.3 Å². The van der Waals surface area contributed by atoms with E-state index in [-0.39, 0.29) is 5.78 Å². The van der Waals surface area contributed by atoms with Crippen LogP contribution in [0.5, 0.6) is 0 Å². The van der Waals surface area contributed by atoms with Gasteiger partial charge in [-0.15, -0.1) is 0 Å². The fourth-order valence-corrected chi connectivity index (χ4v) is 0.867. The summed E-state index contributed by atoms with van der Waals surface area (Å²) in [5.41, 5.74) is 0.389. The summed E-state index contributed by atoms with van der Waals surface area (Å²) in [7, 11) is 0. The Hall–Kier alpha value is -1.16. The fraction of sp³-hybridized carbons (Fsp3) is 0.556. The molecule has 4 nitrogen and oxygen atoms in total. The van der Waals surface area contributed by atoms with Gasteiger partial charge in [-0.25, -0.2) is 0 Å². The van der Waals surface area contributed by atoms with E-state index in [0.29, 0.717) is 24.0 Å². The Bertz CT molecular complexity index is 292. The highest BCUT2D eigenvalue weighted by Crippen LogP contribution is 2.03. The monoisotopic (exact) mass is 182 g/mol. The van der Waals surface area contributed by atoms with Crippen LogP contribution in [-0.4, -0.2) is 17.0 Å². The highest BCUT2D eigenvalue weighted by Gasteiger charge is 2.07. The van der Waals surface area contributed by atoms with Crippen molar-refractivity contribution in [2.24, 2.45) is 0 Å². The summed E-state index contributed by atoms with van der Waals surface area (Å²) < 4.78 is 4.94. The van der Waals surface area contributed by atoms with E-state index in [1.165, 1.54) is 6.92 Å². The van der Waals surface area contributed by atoms with E-state index in [9.17, 15) is 4.79 Å². The normalized spacial score (nSPS) is 10.8. The van der Waals surface area contributed by atoms with Gasteiger partial charge in [0.25, 0.3) is 0 Å². The number of hydrogen-bond acceptors (Lipinski definition) is 4. The molecule has 4 heteroatoms. The zero-order valence-electron chi connectivity index (χ0n) is 8.13. The second-order valence-corrected chi connectivity index (χ2v) is 3.27. The van der Waals surface area contributed by atoms with Crippen LogP contribution >= 0.6 is 0 Å². The topological polar surface area (TPSA) is 55.1 Å². The molecule has 0 aliphatic heterocycles. The molecule has 0 saturated carbocycles. The average molecular weight is 182 g/mol. The van der Waals surface area contributed by atoms with Crippen molar-refractivity contribution in [1.82, 2.24) is 10.5 Å². The fourth-order valence-electron chi connectivity index (χ4n) is 0.867. The Kier molecular flexibility index (Phi) is 3.19. The first kappa shape index (κ1) is 9.92. The van der Waals surface area contributed by atoms with Crippen molar-refractivity contribution in [1.29, 1.82) is 0 Å². The summed E-state index contributed by atoms with van der Waals surface area (Å²) in [6, 6.07) is 2.06. The van der Waals surface area contributed by atoms with Gasteiger partial charge < -0.3 is 9.84 Å². The van der Waals surface area contributed by atoms with Crippen LogP contribution in [0.25, 0.3) is 0 Å². The number of nitrogens with zero attached hydrogens (tertiary/aromatic N) is 1. The van der Waals surface area contributed by atoms with E-state index in [0.717, 1.165) is 0 Å². The summed E-state index contributed by atoms with van der Waals surface area (Å²) in [6.45, 7) is 6.17. The molecule has 0 fully saturated rings. The first-order valence-electron chi connectivity index (χ1n) is 4.29. The number of ketones is 1. The van der Waals surface area contributed by atoms with Gasteiger partial charge in [0.15, 0.2) is 11.5 Å². The second-order valence-electron chi connectivity index (χ2n) is 3.27. The minimum absolute atomic E-state index is 0.0699. The summed E-state index contributed by atoms with van der Waals surface area (Å²) in [5.74, 6) is 0.624. The third kappa shape index (κ3) is 2.99. The van der Waals surface area contributed by atoms with Crippen molar-refractivity contribution in [3.8, 4) is 0 Å². The predicted molar refractivity (Wildman–Crippen MR) is 48.5 cm³/mol. The number of Topliss-reactive ketones (excluding diaryl/α,β-unsaturated/α-hetero) is 1. The summed E-state index contributed by atoms with van der Waals surface area (Å²) in [4.78, 5) is 10.9. The minimum Gasteiger partial charge on any atom is -0.359 e.